The minimum absolute atomic E-state index is 0. The molecule has 0 aromatic heterocycles. The fourth-order valence-corrected chi connectivity index (χ4v) is 3.97. The number of likely N-dealkylation sites (tertiary alicyclic amines) is 1. The maximum atomic E-state index is 5.94. The van der Waals surface area contributed by atoms with Crippen molar-refractivity contribution in [3.05, 3.63) is 23.8 Å². The first-order valence-electron chi connectivity index (χ1n) is 9.23. The summed E-state index contributed by atoms with van der Waals surface area (Å²) in [6.07, 6.45) is 4.15. The molecule has 0 atom stereocenters. The van der Waals surface area contributed by atoms with E-state index in [1.165, 1.54) is 74.3 Å². The van der Waals surface area contributed by atoms with Gasteiger partial charge in [0.05, 0.1) is 39.8 Å². The van der Waals surface area contributed by atoms with Crippen LogP contribution in [0.1, 0.15) is 24.8 Å². The van der Waals surface area contributed by atoms with Gasteiger partial charge < -0.3 is 32.4 Å². The number of piperazine rings is 1. The third kappa shape index (κ3) is 4.78. The van der Waals surface area contributed by atoms with Gasteiger partial charge in [-0.2, -0.15) is 0 Å². The zero-order valence-corrected chi connectivity index (χ0v) is 16.1. The average molecular weight is 353 g/mol. The lowest BCUT2D eigenvalue weighted by molar-refractivity contribution is -0.910. The number of hydrogen-bond acceptors (Lipinski definition) is 3. The molecule has 0 radical (unpaired) electrons. The van der Waals surface area contributed by atoms with Crippen LogP contribution in [-0.2, 0) is 0 Å². The second-order valence-corrected chi connectivity index (χ2v) is 7.72. The van der Waals surface area contributed by atoms with Gasteiger partial charge >= 0.3 is 0 Å². The van der Waals surface area contributed by atoms with Crippen LogP contribution in [0.25, 0.3) is 0 Å². The van der Waals surface area contributed by atoms with Gasteiger partial charge in [-0.3, -0.25) is 0 Å². The molecule has 1 aromatic rings. The molecule has 2 aliphatic rings. The van der Waals surface area contributed by atoms with E-state index in [9.17, 15) is 0 Å². The Labute approximate surface area is 153 Å². The standard InChI is InChI=1S/C19H33N4.ClH/c1-17-16-18(6-7-19(17)20)22-11-14-23(2,15-12-22)13-5-10-21-8-3-4-9-21;/h6-7,16H,3-5,8-15,20H2,1-2H3;1H/q+1;/p-1. The van der Waals surface area contributed by atoms with E-state index in [4.69, 9.17) is 5.73 Å². The van der Waals surface area contributed by atoms with Crippen molar-refractivity contribution in [3.8, 4) is 0 Å². The third-order valence-electron chi connectivity index (χ3n) is 5.81. The Morgan fingerprint density at radius 3 is 2.38 bits per heavy atom. The molecule has 0 spiro atoms. The van der Waals surface area contributed by atoms with E-state index < -0.39 is 0 Å². The number of hydrogen-bond donors (Lipinski definition) is 1. The van der Waals surface area contributed by atoms with Crippen LogP contribution >= 0.6 is 0 Å². The molecule has 0 unspecified atom stereocenters. The highest BCUT2D eigenvalue weighted by Crippen LogP contribution is 2.23. The summed E-state index contributed by atoms with van der Waals surface area (Å²) in [6, 6.07) is 6.45. The molecule has 3 rings (SSSR count). The number of nitrogens with two attached hydrogens (primary N) is 1. The van der Waals surface area contributed by atoms with Crippen molar-refractivity contribution in [1.29, 1.82) is 0 Å². The average Bonchev–Trinajstić information content (AvgIpc) is 3.04. The van der Waals surface area contributed by atoms with Gasteiger partial charge in [-0.25, -0.2) is 0 Å². The smallest absolute Gasteiger partial charge is 0.0963 e. The highest BCUT2D eigenvalue weighted by atomic mass is 35.5. The molecule has 136 valence electrons. The molecule has 2 N–H and O–H groups in total. The molecule has 2 fully saturated rings. The van der Waals surface area contributed by atoms with Crippen molar-refractivity contribution >= 4 is 11.4 Å². The first-order chi connectivity index (χ1) is 11.1. The number of nitrogens with zero attached hydrogens (tertiary/aromatic N) is 3. The largest absolute Gasteiger partial charge is 1.00 e. The summed E-state index contributed by atoms with van der Waals surface area (Å²) in [5.74, 6) is 0. The van der Waals surface area contributed by atoms with Gasteiger partial charge in [-0.15, -0.1) is 0 Å². The van der Waals surface area contributed by atoms with Crippen LogP contribution in [0.15, 0.2) is 18.2 Å². The summed E-state index contributed by atoms with van der Waals surface area (Å²) in [7, 11) is 2.44. The van der Waals surface area contributed by atoms with E-state index >= 15 is 0 Å². The van der Waals surface area contributed by atoms with Gasteiger partial charge in [0.1, 0.15) is 0 Å². The van der Waals surface area contributed by atoms with Crippen LogP contribution in [0.4, 0.5) is 11.4 Å². The molecule has 0 bridgehead atoms. The maximum absolute atomic E-state index is 5.94. The van der Waals surface area contributed by atoms with Crippen LogP contribution in [-0.4, -0.2) is 68.8 Å². The fourth-order valence-electron chi connectivity index (χ4n) is 3.97. The van der Waals surface area contributed by atoms with Crippen LogP contribution in [0.3, 0.4) is 0 Å². The van der Waals surface area contributed by atoms with E-state index in [-0.39, 0.29) is 12.4 Å². The summed E-state index contributed by atoms with van der Waals surface area (Å²) in [5.41, 5.74) is 9.36. The van der Waals surface area contributed by atoms with E-state index in [2.05, 4.69) is 35.9 Å². The van der Waals surface area contributed by atoms with E-state index in [0.29, 0.717) is 0 Å². The predicted octanol–water partition coefficient (Wildman–Crippen LogP) is -0.666. The van der Waals surface area contributed by atoms with Crippen LogP contribution in [0.2, 0.25) is 0 Å². The van der Waals surface area contributed by atoms with E-state index in [0.717, 1.165) is 18.8 Å². The molecule has 24 heavy (non-hydrogen) atoms. The second-order valence-electron chi connectivity index (χ2n) is 7.72. The lowest BCUT2D eigenvalue weighted by atomic mass is 10.1. The maximum Gasteiger partial charge on any atom is 0.0963 e. The first-order valence-corrected chi connectivity index (χ1v) is 9.23. The second kappa shape index (κ2) is 8.41. The Kier molecular flexibility index (Phi) is 6.79. The van der Waals surface area contributed by atoms with Gasteiger partial charge in [-0.1, -0.05) is 0 Å². The Bertz CT molecular complexity index is 520. The minimum Gasteiger partial charge on any atom is -1.00 e. The monoisotopic (exact) mass is 352 g/mol. The summed E-state index contributed by atoms with van der Waals surface area (Å²) < 4.78 is 1.23. The number of likely N-dealkylation sites (N-methyl/N-ethyl adjacent to an activating group) is 1. The Hall–Kier alpha value is -0.970. The van der Waals surface area contributed by atoms with Crippen LogP contribution in [0, 0.1) is 6.92 Å². The van der Waals surface area contributed by atoms with Gasteiger partial charge in [0.25, 0.3) is 0 Å². The fraction of sp³-hybridized carbons (Fsp3) is 0.684. The Morgan fingerprint density at radius 1 is 1.08 bits per heavy atom. The molecule has 4 nitrogen and oxygen atoms in total. The number of anilines is 2. The lowest BCUT2D eigenvalue weighted by Gasteiger charge is -2.43. The molecule has 1 aromatic carbocycles. The third-order valence-corrected chi connectivity index (χ3v) is 5.81. The van der Waals surface area contributed by atoms with Crippen molar-refractivity contribution in [2.24, 2.45) is 0 Å². The molecule has 5 heteroatoms. The Morgan fingerprint density at radius 2 is 1.75 bits per heavy atom. The molecule has 2 saturated heterocycles. The first kappa shape index (κ1) is 19.4. The molecule has 0 aliphatic carbocycles. The van der Waals surface area contributed by atoms with Crippen molar-refractivity contribution < 1.29 is 16.9 Å². The quantitative estimate of drug-likeness (QED) is 0.564. The van der Waals surface area contributed by atoms with E-state index in [1.807, 2.05) is 6.07 Å². The van der Waals surface area contributed by atoms with Crippen LogP contribution < -0.4 is 23.0 Å². The van der Waals surface area contributed by atoms with Crippen molar-refractivity contribution in [2.75, 3.05) is 70.0 Å². The molecule has 2 aliphatic heterocycles. The lowest BCUT2D eigenvalue weighted by Crippen LogP contribution is -3.00. The van der Waals surface area contributed by atoms with Crippen LogP contribution in [0.5, 0.6) is 0 Å². The van der Waals surface area contributed by atoms with Gasteiger partial charge in [0, 0.05) is 24.3 Å². The zero-order valence-electron chi connectivity index (χ0n) is 15.3. The zero-order chi connectivity index (χ0) is 16.3. The molecule has 0 saturated carbocycles. The summed E-state index contributed by atoms with van der Waals surface area (Å²) >= 11 is 0. The molecular weight excluding hydrogens is 320 g/mol. The number of quaternary nitrogens is 1. The number of aryl methyl sites for hydroxylation is 1. The molecule has 0 amide bonds. The highest BCUT2D eigenvalue weighted by Gasteiger charge is 2.28. The molecular formula is C19H33ClN4. The van der Waals surface area contributed by atoms with Gasteiger partial charge in [-0.05, 0) is 56.6 Å². The minimum atomic E-state index is 0. The number of benzene rings is 1. The van der Waals surface area contributed by atoms with Gasteiger partial charge in [0.15, 0.2) is 0 Å². The van der Waals surface area contributed by atoms with Crippen molar-refractivity contribution in [2.45, 2.75) is 26.2 Å². The summed E-state index contributed by atoms with van der Waals surface area (Å²) in [6.45, 7) is 12.2. The van der Waals surface area contributed by atoms with Crippen molar-refractivity contribution in [1.82, 2.24) is 4.90 Å². The van der Waals surface area contributed by atoms with Gasteiger partial charge in [0.2, 0.25) is 0 Å². The predicted molar refractivity (Wildman–Crippen MR) is 98.9 cm³/mol. The number of nitrogen functional groups attached to an aromatic ring is 1. The summed E-state index contributed by atoms with van der Waals surface area (Å²) in [4.78, 5) is 5.16. The SMILES string of the molecule is Cc1cc(N2CC[N+](C)(CCCN3CCCC3)CC2)ccc1N.[Cl-]. The highest BCUT2D eigenvalue weighted by molar-refractivity contribution is 5.58. The molecule has 2 heterocycles. The van der Waals surface area contributed by atoms with Crippen molar-refractivity contribution in [3.63, 3.8) is 0 Å². The topological polar surface area (TPSA) is 32.5 Å². The van der Waals surface area contributed by atoms with E-state index in [1.54, 1.807) is 0 Å². The Balaban J connectivity index is 0.00000208. The number of rotatable bonds is 5. The number of halogens is 1. The summed E-state index contributed by atoms with van der Waals surface area (Å²) in [5, 5.41) is 0. The normalized spacial score (nSPS) is 20.8.